The van der Waals surface area contributed by atoms with Crippen LogP contribution in [0, 0.1) is 5.41 Å². The van der Waals surface area contributed by atoms with E-state index in [0.29, 0.717) is 44.0 Å². The van der Waals surface area contributed by atoms with Crippen LogP contribution < -0.4 is 0 Å². The van der Waals surface area contributed by atoms with Gasteiger partial charge < -0.3 is 19.3 Å². The number of alkyl halides is 6. The van der Waals surface area contributed by atoms with Crippen LogP contribution in [0.15, 0.2) is 48.5 Å². The van der Waals surface area contributed by atoms with Crippen LogP contribution in [-0.4, -0.2) is 61.7 Å². The van der Waals surface area contributed by atoms with Crippen molar-refractivity contribution in [2.45, 2.75) is 87.3 Å². The fourth-order valence-electron chi connectivity index (χ4n) is 8.40. The zero-order valence-electron chi connectivity index (χ0n) is 25.5. The molecule has 45 heavy (non-hydrogen) atoms. The van der Waals surface area contributed by atoms with Crippen molar-refractivity contribution in [3.8, 4) is 0 Å². The number of rotatable bonds is 5. The first-order valence-electron chi connectivity index (χ1n) is 15.9. The normalized spacial score (nSPS) is 29.8. The summed E-state index contributed by atoms with van der Waals surface area (Å²) in [6, 6.07) is 11.3. The Morgan fingerprint density at radius 3 is 1.96 bits per heavy atom. The van der Waals surface area contributed by atoms with Gasteiger partial charge in [0.2, 0.25) is 0 Å². The topological polar surface area (TPSA) is 42.0 Å². The number of piperidine rings is 2. The Labute approximate surface area is 259 Å². The number of benzene rings is 2. The summed E-state index contributed by atoms with van der Waals surface area (Å²) >= 11 is 0. The van der Waals surface area contributed by atoms with Crippen molar-refractivity contribution in [1.82, 2.24) is 9.80 Å². The number of carbonyl (C=O) groups excluding carboxylic acids is 1. The van der Waals surface area contributed by atoms with E-state index in [9.17, 15) is 31.1 Å². The van der Waals surface area contributed by atoms with E-state index in [4.69, 9.17) is 9.47 Å². The van der Waals surface area contributed by atoms with Crippen LogP contribution in [-0.2, 0) is 37.8 Å². The Bertz CT molecular complexity index is 1320. The van der Waals surface area contributed by atoms with E-state index >= 15 is 0 Å². The average molecular weight is 639 g/mol. The molecule has 4 fully saturated rings. The van der Waals surface area contributed by atoms with Gasteiger partial charge in [-0.1, -0.05) is 30.3 Å². The molecule has 5 nitrogen and oxygen atoms in total. The van der Waals surface area contributed by atoms with Crippen molar-refractivity contribution in [3.63, 3.8) is 0 Å². The molecule has 3 saturated heterocycles. The van der Waals surface area contributed by atoms with E-state index < -0.39 is 46.1 Å². The minimum atomic E-state index is -5.04. The predicted octanol–water partition coefficient (Wildman–Crippen LogP) is 7.53. The third kappa shape index (κ3) is 5.89. The molecule has 0 radical (unpaired) electrons. The molecule has 0 N–H and O–H groups in total. The zero-order chi connectivity index (χ0) is 32.1. The van der Waals surface area contributed by atoms with Crippen molar-refractivity contribution >= 4 is 5.91 Å². The van der Waals surface area contributed by atoms with Crippen LogP contribution in [0.4, 0.5) is 26.3 Å². The highest BCUT2D eigenvalue weighted by Gasteiger charge is 2.55. The molecule has 6 rings (SSSR count). The number of methoxy groups -OCH3 is 1. The first-order valence-corrected chi connectivity index (χ1v) is 15.9. The third-order valence-corrected chi connectivity index (χ3v) is 11.1. The largest absolute Gasteiger partial charge is 0.416 e. The number of ether oxygens (including phenoxy) is 2. The summed E-state index contributed by atoms with van der Waals surface area (Å²) in [6.45, 7) is 3.99. The van der Waals surface area contributed by atoms with E-state index in [-0.39, 0.29) is 17.9 Å². The van der Waals surface area contributed by atoms with E-state index in [2.05, 4.69) is 4.90 Å². The highest BCUT2D eigenvalue weighted by Crippen LogP contribution is 2.50. The molecular weight excluding hydrogens is 598 g/mol. The molecule has 246 valence electrons. The molecule has 0 bridgehead atoms. The Balaban J connectivity index is 1.32. The van der Waals surface area contributed by atoms with Crippen molar-refractivity contribution < 1.29 is 40.6 Å². The molecule has 11 heteroatoms. The van der Waals surface area contributed by atoms with Crippen molar-refractivity contribution in [1.29, 1.82) is 0 Å². The van der Waals surface area contributed by atoms with Crippen LogP contribution in [0.2, 0.25) is 0 Å². The third-order valence-electron chi connectivity index (χ3n) is 11.1. The second-order valence-electron chi connectivity index (χ2n) is 13.4. The molecule has 3 heterocycles. The van der Waals surface area contributed by atoms with Crippen LogP contribution in [0.5, 0.6) is 0 Å². The van der Waals surface area contributed by atoms with Gasteiger partial charge in [-0.25, -0.2) is 0 Å². The van der Waals surface area contributed by atoms with Crippen LogP contribution >= 0.6 is 0 Å². The average Bonchev–Trinajstić information content (AvgIpc) is 3.49. The van der Waals surface area contributed by atoms with Gasteiger partial charge in [-0.15, -0.1) is 0 Å². The molecule has 1 spiro atoms. The fraction of sp³-hybridized carbons (Fsp3) is 0.618. The lowest BCUT2D eigenvalue weighted by Gasteiger charge is -2.54. The number of halogens is 6. The monoisotopic (exact) mass is 638 g/mol. The maximum atomic E-state index is 14.6. The molecule has 1 amide bonds. The number of nitrogens with zero attached hydrogens (tertiary/aromatic N) is 2. The maximum Gasteiger partial charge on any atom is 0.416 e. The number of likely N-dealkylation sites (tertiary alicyclic amines) is 2. The standard InChI is InChI=1S/C34H40F6N2O3/c1-44-32(25-20-26(33(35,36)37)22-27(21-25)34(38,39)40)10-5-16-42(29(32)43)31(24-6-3-2-4-7-24)11-8-28(9-12-31)41-17-13-30(14-18-41)15-19-45-23-30/h2-4,6-7,20-22,28H,5,8-19,23H2,1H3/t28?,31?,32-/m0/s1. The van der Waals surface area contributed by atoms with Gasteiger partial charge in [-0.05, 0) is 106 Å². The summed E-state index contributed by atoms with van der Waals surface area (Å²) in [4.78, 5) is 18.9. The number of amides is 1. The second-order valence-corrected chi connectivity index (χ2v) is 13.4. The van der Waals surface area contributed by atoms with Crippen LogP contribution in [0.1, 0.15) is 80.0 Å². The Hall–Kier alpha value is -2.63. The van der Waals surface area contributed by atoms with Gasteiger partial charge >= 0.3 is 12.4 Å². The lowest BCUT2D eigenvalue weighted by Crippen LogP contribution is -2.61. The molecule has 0 aromatic heterocycles. The van der Waals surface area contributed by atoms with E-state index in [1.807, 2.05) is 30.3 Å². The molecule has 2 aromatic carbocycles. The van der Waals surface area contributed by atoms with Gasteiger partial charge in [0, 0.05) is 26.3 Å². The summed E-state index contributed by atoms with van der Waals surface area (Å²) in [5.41, 5.74) is -4.87. The van der Waals surface area contributed by atoms with E-state index in [1.54, 1.807) is 4.90 Å². The maximum absolute atomic E-state index is 14.6. The van der Waals surface area contributed by atoms with E-state index in [0.717, 1.165) is 64.0 Å². The molecule has 1 aliphatic carbocycles. The Morgan fingerprint density at radius 2 is 1.42 bits per heavy atom. The van der Waals surface area contributed by atoms with Gasteiger partial charge in [0.25, 0.3) is 5.91 Å². The molecule has 4 aliphatic rings. The van der Waals surface area contributed by atoms with Crippen molar-refractivity contribution in [2.24, 2.45) is 5.41 Å². The zero-order valence-corrected chi connectivity index (χ0v) is 25.5. The minimum absolute atomic E-state index is 0.0236. The summed E-state index contributed by atoms with van der Waals surface area (Å²) in [5.74, 6) is -0.591. The summed E-state index contributed by atoms with van der Waals surface area (Å²) < 4.78 is 94.5. The van der Waals surface area contributed by atoms with Gasteiger partial charge in [0.1, 0.15) is 0 Å². The molecule has 1 saturated carbocycles. The highest BCUT2D eigenvalue weighted by atomic mass is 19.4. The van der Waals surface area contributed by atoms with Crippen LogP contribution in [0.3, 0.4) is 0 Å². The van der Waals surface area contributed by atoms with Gasteiger partial charge in [-0.2, -0.15) is 26.3 Å². The van der Waals surface area contributed by atoms with Crippen molar-refractivity contribution in [2.75, 3.05) is 40.0 Å². The fourth-order valence-corrected chi connectivity index (χ4v) is 8.40. The second kappa shape index (κ2) is 11.9. The van der Waals surface area contributed by atoms with Crippen LogP contribution in [0.25, 0.3) is 0 Å². The van der Waals surface area contributed by atoms with E-state index in [1.165, 1.54) is 7.11 Å². The Kier molecular flexibility index (Phi) is 8.52. The number of hydrogen-bond acceptors (Lipinski definition) is 4. The molecular formula is C34H40F6N2O3. The SMILES string of the molecule is CO[C@]1(c2cc(C(F)(F)F)cc(C(F)(F)F)c2)CCCN(C2(c3ccccc3)CCC(N3CCC4(CCOC4)CC3)CC2)C1=O. The first kappa shape index (κ1) is 32.3. The minimum Gasteiger partial charge on any atom is -0.381 e. The number of carbonyl (C=O) groups is 1. The summed E-state index contributed by atoms with van der Waals surface area (Å²) in [7, 11) is 1.19. The van der Waals surface area contributed by atoms with Crippen molar-refractivity contribution in [3.05, 3.63) is 70.8 Å². The molecule has 2 aromatic rings. The van der Waals surface area contributed by atoms with Gasteiger partial charge in [0.05, 0.1) is 23.3 Å². The predicted molar refractivity (Wildman–Crippen MR) is 155 cm³/mol. The van der Waals surface area contributed by atoms with Gasteiger partial charge in [0.15, 0.2) is 5.60 Å². The molecule has 0 unspecified atom stereocenters. The van der Waals surface area contributed by atoms with Gasteiger partial charge in [-0.3, -0.25) is 4.79 Å². The number of hydrogen-bond donors (Lipinski definition) is 0. The lowest BCUT2D eigenvalue weighted by molar-refractivity contribution is -0.175. The lowest BCUT2D eigenvalue weighted by atomic mass is 9.70. The molecule has 3 aliphatic heterocycles. The summed E-state index contributed by atoms with van der Waals surface area (Å²) in [5, 5.41) is 0. The highest BCUT2D eigenvalue weighted by molar-refractivity contribution is 5.88. The smallest absolute Gasteiger partial charge is 0.381 e. The Morgan fingerprint density at radius 1 is 0.800 bits per heavy atom. The quantitative estimate of drug-likeness (QED) is 0.318. The first-order chi connectivity index (χ1) is 21.3. The summed E-state index contributed by atoms with van der Waals surface area (Å²) in [6.07, 6.45) is -3.50. The molecule has 1 atom stereocenters.